The highest BCUT2D eigenvalue weighted by atomic mass is 16.3. The van der Waals surface area contributed by atoms with E-state index in [2.05, 4.69) is 60.7 Å². The Bertz CT molecular complexity index is 1030. The molecule has 0 spiro atoms. The summed E-state index contributed by atoms with van der Waals surface area (Å²) < 4.78 is 0. The van der Waals surface area contributed by atoms with Crippen LogP contribution in [-0.4, -0.2) is 23.4 Å². The van der Waals surface area contributed by atoms with E-state index in [4.69, 9.17) is 0 Å². The molecule has 0 heterocycles. The first-order valence-corrected chi connectivity index (χ1v) is 8.39. The van der Waals surface area contributed by atoms with Crippen molar-refractivity contribution in [3.05, 3.63) is 71.8 Å². The van der Waals surface area contributed by atoms with Gasteiger partial charge in [-0.05, 0) is 56.3 Å². The lowest BCUT2D eigenvalue weighted by Gasteiger charge is -2.13. The van der Waals surface area contributed by atoms with E-state index in [0.717, 1.165) is 5.56 Å². The lowest BCUT2D eigenvalue weighted by molar-refractivity contribution is 0.299. The molecule has 24 heavy (non-hydrogen) atoms. The van der Waals surface area contributed by atoms with Crippen molar-refractivity contribution in [2.45, 2.75) is 12.8 Å². The van der Waals surface area contributed by atoms with Crippen molar-refractivity contribution in [3.8, 4) is 0 Å². The van der Waals surface area contributed by atoms with Crippen molar-refractivity contribution in [2.75, 3.05) is 13.2 Å². The topological polar surface area (TPSA) is 40.5 Å². The molecule has 0 saturated heterocycles. The maximum atomic E-state index is 9.53. The van der Waals surface area contributed by atoms with Gasteiger partial charge in [0.05, 0.1) is 0 Å². The van der Waals surface area contributed by atoms with Crippen molar-refractivity contribution in [1.82, 2.24) is 0 Å². The predicted molar refractivity (Wildman–Crippen MR) is 101 cm³/mol. The molecule has 2 N–H and O–H groups in total. The average molecular weight is 316 g/mol. The first-order chi connectivity index (χ1) is 11.8. The Kier molecular flexibility index (Phi) is 3.93. The molecule has 120 valence electrons. The van der Waals surface area contributed by atoms with E-state index in [9.17, 15) is 10.2 Å². The summed E-state index contributed by atoms with van der Waals surface area (Å²) in [6, 6.07) is 21.4. The number of aliphatic hydroxyl groups excluding tert-OH is 2. The minimum atomic E-state index is 0.139. The Labute approximate surface area is 141 Å². The summed E-state index contributed by atoms with van der Waals surface area (Å²) in [5.74, 6) is 0. The minimum absolute atomic E-state index is 0.139. The zero-order valence-electron chi connectivity index (χ0n) is 13.5. The molecule has 4 aromatic rings. The van der Waals surface area contributed by atoms with Crippen LogP contribution in [0.5, 0.6) is 0 Å². The number of hydrogen-bond acceptors (Lipinski definition) is 2. The lowest BCUT2D eigenvalue weighted by atomic mass is 9.91. The van der Waals surface area contributed by atoms with Crippen LogP contribution in [0.15, 0.2) is 60.7 Å². The zero-order chi connectivity index (χ0) is 16.5. The normalized spacial score (nSPS) is 11.6. The van der Waals surface area contributed by atoms with Crippen molar-refractivity contribution in [3.63, 3.8) is 0 Å². The maximum Gasteiger partial charge on any atom is 0.0471 e. The number of hydrogen-bond donors (Lipinski definition) is 2. The van der Waals surface area contributed by atoms with Crippen LogP contribution in [0.3, 0.4) is 0 Å². The molecular formula is C22H20O2. The van der Waals surface area contributed by atoms with Crippen LogP contribution in [0, 0.1) is 0 Å². The van der Waals surface area contributed by atoms with E-state index < -0.39 is 0 Å². The van der Waals surface area contributed by atoms with Gasteiger partial charge in [-0.25, -0.2) is 0 Å². The molecular weight excluding hydrogens is 296 g/mol. The Morgan fingerprint density at radius 2 is 1.42 bits per heavy atom. The predicted octanol–water partition coefficient (Wildman–Crippen LogP) is 4.22. The maximum absolute atomic E-state index is 9.53. The largest absolute Gasteiger partial charge is 0.396 e. The van der Waals surface area contributed by atoms with Gasteiger partial charge in [0.25, 0.3) is 0 Å². The first-order valence-electron chi connectivity index (χ1n) is 8.39. The zero-order valence-corrected chi connectivity index (χ0v) is 13.5. The monoisotopic (exact) mass is 316 g/mol. The third-order valence-corrected chi connectivity index (χ3v) is 4.77. The van der Waals surface area contributed by atoms with Crippen LogP contribution in [0.1, 0.15) is 11.1 Å². The SMILES string of the molecule is OCCc1ccc2c(c1)cc(CCO)c1c3ccccc3ccc21. The Hall–Kier alpha value is -2.42. The van der Waals surface area contributed by atoms with Crippen molar-refractivity contribution in [1.29, 1.82) is 0 Å². The van der Waals surface area contributed by atoms with E-state index in [1.807, 2.05) is 0 Å². The molecule has 0 aromatic heterocycles. The van der Waals surface area contributed by atoms with Gasteiger partial charge in [0.2, 0.25) is 0 Å². The van der Waals surface area contributed by atoms with E-state index >= 15 is 0 Å². The quantitative estimate of drug-likeness (QED) is 0.554. The molecule has 2 heteroatoms. The minimum Gasteiger partial charge on any atom is -0.396 e. The third kappa shape index (κ3) is 2.44. The first kappa shape index (κ1) is 15.1. The van der Waals surface area contributed by atoms with Crippen LogP contribution in [0.4, 0.5) is 0 Å². The molecule has 4 rings (SSSR count). The smallest absolute Gasteiger partial charge is 0.0471 e. The molecule has 0 aliphatic heterocycles. The van der Waals surface area contributed by atoms with Gasteiger partial charge in [-0.15, -0.1) is 0 Å². The third-order valence-electron chi connectivity index (χ3n) is 4.77. The molecule has 0 bridgehead atoms. The van der Waals surface area contributed by atoms with Crippen molar-refractivity contribution in [2.24, 2.45) is 0 Å². The average Bonchev–Trinajstić information content (AvgIpc) is 2.61. The summed E-state index contributed by atoms with van der Waals surface area (Å²) in [7, 11) is 0. The van der Waals surface area contributed by atoms with Crippen molar-refractivity contribution < 1.29 is 10.2 Å². The van der Waals surface area contributed by atoms with Crippen molar-refractivity contribution >= 4 is 32.3 Å². The summed E-state index contributed by atoms with van der Waals surface area (Å²) in [5.41, 5.74) is 2.32. The van der Waals surface area contributed by atoms with Gasteiger partial charge in [-0.2, -0.15) is 0 Å². The summed E-state index contributed by atoms with van der Waals surface area (Å²) in [5, 5.41) is 26.0. The van der Waals surface area contributed by atoms with Gasteiger partial charge < -0.3 is 10.2 Å². The van der Waals surface area contributed by atoms with Gasteiger partial charge in [0, 0.05) is 13.2 Å². The second-order valence-corrected chi connectivity index (χ2v) is 6.25. The Morgan fingerprint density at radius 1 is 0.625 bits per heavy atom. The molecule has 0 saturated carbocycles. The fraction of sp³-hybridized carbons (Fsp3) is 0.182. The summed E-state index contributed by atoms with van der Waals surface area (Å²) in [6.45, 7) is 0.299. The van der Waals surface area contributed by atoms with Crippen LogP contribution in [-0.2, 0) is 12.8 Å². The number of rotatable bonds is 4. The summed E-state index contributed by atoms with van der Waals surface area (Å²) in [6.07, 6.45) is 1.31. The van der Waals surface area contributed by atoms with Gasteiger partial charge in [-0.3, -0.25) is 0 Å². The van der Waals surface area contributed by atoms with E-state index in [1.165, 1.54) is 37.9 Å². The van der Waals surface area contributed by atoms with Crippen LogP contribution in [0.25, 0.3) is 32.3 Å². The molecule has 2 nitrogen and oxygen atoms in total. The lowest BCUT2D eigenvalue weighted by Crippen LogP contribution is -1.95. The summed E-state index contributed by atoms with van der Waals surface area (Å²) >= 11 is 0. The Balaban J connectivity index is 2.12. The van der Waals surface area contributed by atoms with E-state index in [-0.39, 0.29) is 13.2 Å². The molecule has 0 unspecified atom stereocenters. The number of benzene rings is 4. The van der Waals surface area contributed by atoms with Gasteiger partial charge in [-0.1, -0.05) is 60.7 Å². The van der Waals surface area contributed by atoms with Gasteiger partial charge >= 0.3 is 0 Å². The van der Waals surface area contributed by atoms with Crippen LogP contribution < -0.4 is 0 Å². The highest BCUT2D eigenvalue weighted by Gasteiger charge is 2.10. The summed E-state index contributed by atoms with van der Waals surface area (Å²) in [4.78, 5) is 0. The standard InChI is InChI=1S/C22H20O2/c23-11-9-15-5-7-19-18(13-15)14-17(10-12-24)22-20-4-2-1-3-16(20)6-8-21(19)22/h1-8,13-14,23-24H,9-12H2. The molecule has 0 radical (unpaired) electrons. The van der Waals surface area contributed by atoms with Crippen LogP contribution >= 0.6 is 0 Å². The second kappa shape index (κ2) is 6.23. The highest BCUT2D eigenvalue weighted by molar-refractivity contribution is 6.18. The van der Waals surface area contributed by atoms with E-state index in [1.54, 1.807) is 0 Å². The van der Waals surface area contributed by atoms with Gasteiger partial charge in [0.1, 0.15) is 0 Å². The van der Waals surface area contributed by atoms with E-state index in [0.29, 0.717) is 12.8 Å². The fourth-order valence-corrected chi connectivity index (χ4v) is 3.68. The number of aliphatic hydroxyl groups is 2. The molecule has 0 amide bonds. The Morgan fingerprint density at radius 3 is 2.25 bits per heavy atom. The second-order valence-electron chi connectivity index (χ2n) is 6.25. The highest BCUT2D eigenvalue weighted by Crippen LogP contribution is 2.34. The van der Waals surface area contributed by atoms with Crippen LogP contribution in [0.2, 0.25) is 0 Å². The fourth-order valence-electron chi connectivity index (χ4n) is 3.68. The molecule has 4 aromatic carbocycles. The van der Waals surface area contributed by atoms with Gasteiger partial charge in [0.15, 0.2) is 0 Å². The molecule has 0 aliphatic carbocycles. The molecule has 0 aliphatic rings. The number of fused-ring (bicyclic) bond motifs is 5. The molecule has 0 atom stereocenters. The molecule has 0 fully saturated rings.